The Morgan fingerprint density at radius 1 is 1.20 bits per heavy atom. The smallest absolute Gasteiger partial charge is 0.0774 e. The lowest BCUT2D eigenvalue weighted by atomic mass is 10.0. The molecule has 1 saturated carbocycles. The van der Waals surface area contributed by atoms with Crippen molar-refractivity contribution in [2.75, 3.05) is 19.6 Å². The van der Waals surface area contributed by atoms with Crippen LogP contribution in [0.2, 0.25) is 0 Å². The average Bonchev–Trinajstić information content (AvgIpc) is 2.49. The molecule has 1 N–H and O–H groups in total. The van der Waals surface area contributed by atoms with Crippen LogP contribution in [0.15, 0.2) is 0 Å². The number of nitrogens with zero attached hydrogens (tertiary/aromatic N) is 1. The van der Waals surface area contributed by atoms with E-state index in [2.05, 4.69) is 18.7 Å². The molecule has 15 heavy (non-hydrogen) atoms. The number of hydrogen-bond acceptors (Lipinski definition) is 3. The van der Waals surface area contributed by atoms with Gasteiger partial charge >= 0.3 is 0 Å². The van der Waals surface area contributed by atoms with Crippen LogP contribution in [-0.2, 0) is 4.74 Å². The van der Waals surface area contributed by atoms with Crippen LogP contribution in [0.5, 0.6) is 0 Å². The SMILES string of the molecule is C[C@@H]1CN(CC2(O)CCCC2)C[C@H](C)O1. The molecule has 88 valence electrons. The zero-order valence-electron chi connectivity index (χ0n) is 9.91. The number of morpholine rings is 1. The van der Waals surface area contributed by atoms with Gasteiger partial charge in [0.2, 0.25) is 0 Å². The molecular weight excluding hydrogens is 190 g/mol. The summed E-state index contributed by atoms with van der Waals surface area (Å²) in [6, 6.07) is 0. The molecule has 0 spiro atoms. The van der Waals surface area contributed by atoms with Gasteiger partial charge in [0, 0.05) is 19.6 Å². The molecule has 0 bridgehead atoms. The molecule has 1 saturated heterocycles. The normalized spacial score (nSPS) is 37.0. The summed E-state index contributed by atoms with van der Waals surface area (Å²) in [5.41, 5.74) is -0.406. The van der Waals surface area contributed by atoms with Crippen molar-refractivity contribution in [2.24, 2.45) is 0 Å². The van der Waals surface area contributed by atoms with Gasteiger partial charge in [-0.15, -0.1) is 0 Å². The zero-order valence-corrected chi connectivity index (χ0v) is 9.91. The molecule has 1 aliphatic carbocycles. The predicted octanol–water partition coefficient (Wildman–Crippen LogP) is 1.40. The van der Waals surface area contributed by atoms with Crippen LogP contribution in [-0.4, -0.2) is 47.4 Å². The van der Waals surface area contributed by atoms with Crippen molar-refractivity contribution in [3.63, 3.8) is 0 Å². The fourth-order valence-electron chi connectivity index (χ4n) is 3.02. The third-order valence-electron chi connectivity index (χ3n) is 3.55. The van der Waals surface area contributed by atoms with Crippen molar-refractivity contribution < 1.29 is 9.84 Å². The number of β-amino-alcohol motifs (C(OH)–C–C–N with tert-alkyl or cyclic N) is 1. The molecule has 2 aliphatic rings. The summed E-state index contributed by atoms with van der Waals surface area (Å²) in [6.45, 7) is 6.99. The van der Waals surface area contributed by atoms with E-state index in [1.807, 2.05) is 0 Å². The molecule has 0 aromatic heterocycles. The monoisotopic (exact) mass is 213 g/mol. The van der Waals surface area contributed by atoms with E-state index in [0.717, 1.165) is 32.5 Å². The molecule has 0 radical (unpaired) electrons. The summed E-state index contributed by atoms with van der Waals surface area (Å²) < 4.78 is 5.69. The minimum Gasteiger partial charge on any atom is -0.389 e. The quantitative estimate of drug-likeness (QED) is 0.752. The van der Waals surface area contributed by atoms with Crippen LogP contribution in [0.4, 0.5) is 0 Å². The fourth-order valence-corrected chi connectivity index (χ4v) is 3.02. The highest BCUT2D eigenvalue weighted by molar-refractivity contribution is 4.89. The van der Waals surface area contributed by atoms with Crippen LogP contribution in [0.1, 0.15) is 39.5 Å². The van der Waals surface area contributed by atoms with Gasteiger partial charge in [-0.25, -0.2) is 0 Å². The topological polar surface area (TPSA) is 32.7 Å². The Morgan fingerprint density at radius 2 is 1.73 bits per heavy atom. The molecule has 3 nitrogen and oxygen atoms in total. The van der Waals surface area contributed by atoms with Crippen molar-refractivity contribution >= 4 is 0 Å². The number of rotatable bonds is 2. The molecule has 3 heteroatoms. The lowest BCUT2D eigenvalue weighted by Crippen LogP contribution is -2.51. The van der Waals surface area contributed by atoms with Crippen LogP contribution in [0.3, 0.4) is 0 Å². The van der Waals surface area contributed by atoms with Gasteiger partial charge in [-0.1, -0.05) is 12.8 Å². The Hall–Kier alpha value is -0.120. The molecule has 2 fully saturated rings. The van der Waals surface area contributed by atoms with Gasteiger partial charge in [0.05, 0.1) is 17.8 Å². The van der Waals surface area contributed by atoms with E-state index in [1.165, 1.54) is 12.8 Å². The first-order chi connectivity index (χ1) is 7.07. The van der Waals surface area contributed by atoms with Gasteiger partial charge in [0.15, 0.2) is 0 Å². The Labute approximate surface area is 92.4 Å². The molecule has 1 aliphatic heterocycles. The average molecular weight is 213 g/mol. The summed E-state index contributed by atoms with van der Waals surface area (Å²) >= 11 is 0. The van der Waals surface area contributed by atoms with E-state index in [9.17, 15) is 5.11 Å². The van der Waals surface area contributed by atoms with Crippen LogP contribution >= 0.6 is 0 Å². The maximum Gasteiger partial charge on any atom is 0.0774 e. The standard InChI is InChI=1S/C12H23NO2/c1-10-7-13(8-11(2)15-10)9-12(14)5-3-4-6-12/h10-11,14H,3-9H2,1-2H3/t10-,11+. The van der Waals surface area contributed by atoms with Gasteiger partial charge in [-0.2, -0.15) is 0 Å². The summed E-state index contributed by atoms with van der Waals surface area (Å²) in [5.74, 6) is 0. The summed E-state index contributed by atoms with van der Waals surface area (Å²) in [5, 5.41) is 10.3. The Morgan fingerprint density at radius 3 is 2.27 bits per heavy atom. The number of ether oxygens (including phenoxy) is 1. The van der Waals surface area contributed by atoms with Crippen molar-refractivity contribution in [3.05, 3.63) is 0 Å². The molecule has 0 unspecified atom stereocenters. The van der Waals surface area contributed by atoms with Gasteiger partial charge in [0.1, 0.15) is 0 Å². The first kappa shape index (κ1) is 11.4. The van der Waals surface area contributed by atoms with Crippen LogP contribution < -0.4 is 0 Å². The molecular formula is C12H23NO2. The first-order valence-corrected chi connectivity index (χ1v) is 6.18. The van der Waals surface area contributed by atoms with E-state index in [4.69, 9.17) is 4.74 Å². The molecule has 2 atom stereocenters. The maximum atomic E-state index is 10.3. The van der Waals surface area contributed by atoms with Crippen molar-refractivity contribution in [2.45, 2.75) is 57.3 Å². The maximum absolute atomic E-state index is 10.3. The lowest BCUT2D eigenvalue weighted by molar-refractivity contribution is -0.0907. The molecule has 0 amide bonds. The first-order valence-electron chi connectivity index (χ1n) is 6.18. The predicted molar refractivity (Wildman–Crippen MR) is 59.9 cm³/mol. The second-order valence-corrected chi connectivity index (χ2v) is 5.38. The van der Waals surface area contributed by atoms with Crippen LogP contribution in [0.25, 0.3) is 0 Å². The highest BCUT2D eigenvalue weighted by Crippen LogP contribution is 2.30. The summed E-state index contributed by atoms with van der Waals surface area (Å²) in [6.07, 6.45) is 4.94. The second-order valence-electron chi connectivity index (χ2n) is 5.38. The van der Waals surface area contributed by atoms with Crippen molar-refractivity contribution in [3.8, 4) is 0 Å². The van der Waals surface area contributed by atoms with Crippen molar-refractivity contribution in [1.29, 1.82) is 0 Å². The summed E-state index contributed by atoms with van der Waals surface area (Å²) in [4.78, 5) is 2.37. The molecule has 1 heterocycles. The van der Waals surface area contributed by atoms with Gasteiger partial charge in [0.25, 0.3) is 0 Å². The minimum absolute atomic E-state index is 0.304. The number of aliphatic hydroxyl groups is 1. The molecule has 0 aromatic carbocycles. The third-order valence-corrected chi connectivity index (χ3v) is 3.55. The van der Waals surface area contributed by atoms with E-state index < -0.39 is 5.60 Å². The molecule has 0 aromatic rings. The third kappa shape index (κ3) is 2.92. The Kier molecular flexibility index (Phi) is 3.33. The van der Waals surface area contributed by atoms with E-state index in [-0.39, 0.29) is 0 Å². The van der Waals surface area contributed by atoms with Crippen LogP contribution in [0, 0.1) is 0 Å². The van der Waals surface area contributed by atoms with Crippen molar-refractivity contribution in [1.82, 2.24) is 4.90 Å². The van der Waals surface area contributed by atoms with Gasteiger partial charge in [-0.3, -0.25) is 4.90 Å². The van der Waals surface area contributed by atoms with Gasteiger partial charge in [-0.05, 0) is 26.7 Å². The Balaban J connectivity index is 1.87. The highest BCUT2D eigenvalue weighted by Gasteiger charge is 2.35. The zero-order chi connectivity index (χ0) is 10.9. The van der Waals surface area contributed by atoms with Gasteiger partial charge < -0.3 is 9.84 Å². The Bertz CT molecular complexity index is 204. The summed E-state index contributed by atoms with van der Waals surface area (Å²) in [7, 11) is 0. The fraction of sp³-hybridized carbons (Fsp3) is 1.00. The lowest BCUT2D eigenvalue weighted by Gasteiger charge is -2.39. The molecule has 2 rings (SSSR count). The number of hydrogen-bond donors (Lipinski definition) is 1. The second kappa shape index (κ2) is 4.40. The van der Waals surface area contributed by atoms with E-state index >= 15 is 0 Å². The van der Waals surface area contributed by atoms with E-state index in [1.54, 1.807) is 0 Å². The minimum atomic E-state index is -0.406. The van der Waals surface area contributed by atoms with E-state index in [0.29, 0.717) is 12.2 Å². The highest BCUT2D eigenvalue weighted by atomic mass is 16.5. The largest absolute Gasteiger partial charge is 0.389 e.